The van der Waals surface area contributed by atoms with Gasteiger partial charge in [0.2, 0.25) is 23.7 Å². The van der Waals surface area contributed by atoms with Crippen molar-refractivity contribution in [2.75, 3.05) is 19.7 Å². The lowest BCUT2D eigenvalue weighted by atomic mass is 9.94. The molecule has 0 unspecified atom stereocenters. The summed E-state index contributed by atoms with van der Waals surface area (Å²) in [6.45, 7) is 18.3. The smallest absolute Gasteiger partial charge is 0.328 e. The van der Waals surface area contributed by atoms with E-state index in [1.807, 2.05) is 20.8 Å². The molecule has 3 amide bonds. The van der Waals surface area contributed by atoms with Gasteiger partial charge in [-0.15, -0.1) is 0 Å². The van der Waals surface area contributed by atoms with Crippen LogP contribution in [-0.2, 0) is 49.9 Å². The lowest BCUT2D eigenvalue weighted by Gasteiger charge is -2.25. The van der Waals surface area contributed by atoms with E-state index in [0.717, 1.165) is 11.1 Å². The number of nitrogens with two attached hydrogens (primary N) is 2. The predicted molar refractivity (Wildman–Crippen MR) is 208 cm³/mol. The second kappa shape index (κ2) is 19.1. The standard InChI is InChI=1S/C37H61N7O11S/c1-20-21(2)30(22(3)23-17-37(10,11)55-29(20)23)56(51,52)44-34(39)40-15-13-12-14-24(38)31(47)41-18-27(45)42-25(16-28(46)54-36(7,8)9)32(48)43-26(33(49)50)19-53-35(4,5)6/h24-26H,12-19,38H2,1-11H3,(H,41,47)(H,42,45)(H,43,48)(H,49,50)(H3,39,40,44)/t24-,25-,26-/m0/s1. The lowest BCUT2D eigenvalue weighted by Crippen LogP contribution is -2.55. The van der Waals surface area contributed by atoms with Crippen molar-refractivity contribution in [2.24, 2.45) is 16.5 Å². The lowest BCUT2D eigenvalue weighted by molar-refractivity contribution is -0.156. The average Bonchev–Trinajstić information content (AvgIpc) is 3.37. The SMILES string of the molecule is Cc1c(C)c(S(=O)(=O)NC(N)=NCCCC[C@H](N)C(=O)NCC(=O)N[C@@H](CC(=O)OC(C)(C)C)C(=O)N[C@@H](COC(C)(C)C)C(=O)O)c(C)c2c1OC(C)(C)C2. The Bertz CT molecular complexity index is 1780. The topological polar surface area (TPSA) is 280 Å². The number of esters is 1. The number of nitrogens with zero attached hydrogens (tertiary/aromatic N) is 1. The summed E-state index contributed by atoms with van der Waals surface area (Å²) in [7, 11) is -4.07. The Labute approximate surface area is 329 Å². The van der Waals surface area contributed by atoms with E-state index in [-0.39, 0.29) is 30.4 Å². The van der Waals surface area contributed by atoms with Crippen LogP contribution in [0.25, 0.3) is 0 Å². The molecule has 0 saturated heterocycles. The molecular formula is C37H61N7O11S. The Balaban J connectivity index is 1.93. The molecule has 0 spiro atoms. The van der Waals surface area contributed by atoms with E-state index in [9.17, 15) is 37.5 Å². The third-order valence-corrected chi connectivity index (χ3v) is 10.1. The molecule has 0 aliphatic carbocycles. The fourth-order valence-corrected chi connectivity index (χ4v) is 7.28. The highest BCUT2D eigenvalue weighted by atomic mass is 32.2. The summed E-state index contributed by atoms with van der Waals surface area (Å²) in [5, 5.41) is 16.6. The number of carboxylic acids is 1. The first kappa shape index (κ1) is 47.7. The zero-order valence-electron chi connectivity index (χ0n) is 34.4. The number of amides is 3. The molecular weight excluding hydrogens is 751 g/mol. The van der Waals surface area contributed by atoms with Gasteiger partial charge in [0.1, 0.15) is 23.0 Å². The first-order chi connectivity index (χ1) is 25.5. The summed E-state index contributed by atoms with van der Waals surface area (Å²) < 4.78 is 46.0. The maximum absolute atomic E-state index is 13.4. The number of hydrogen-bond acceptors (Lipinski definition) is 12. The van der Waals surface area contributed by atoms with Gasteiger partial charge in [-0.2, -0.15) is 0 Å². The summed E-state index contributed by atoms with van der Waals surface area (Å²) >= 11 is 0. The van der Waals surface area contributed by atoms with Crippen molar-refractivity contribution in [3.05, 3.63) is 22.3 Å². The number of sulfonamides is 1. The first-order valence-electron chi connectivity index (χ1n) is 18.4. The molecule has 0 aromatic heterocycles. The predicted octanol–water partition coefficient (Wildman–Crippen LogP) is 1.13. The van der Waals surface area contributed by atoms with Crippen molar-refractivity contribution >= 4 is 45.6 Å². The zero-order chi connectivity index (χ0) is 43.0. The molecule has 1 aromatic rings. The summed E-state index contributed by atoms with van der Waals surface area (Å²) in [6, 6.07) is -4.05. The quantitative estimate of drug-likeness (QED) is 0.0475. The van der Waals surface area contributed by atoms with Gasteiger partial charge in [0.25, 0.3) is 10.0 Å². The van der Waals surface area contributed by atoms with Crippen molar-refractivity contribution in [1.29, 1.82) is 0 Å². The molecule has 0 fully saturated rings. The van der Waals surface area contributed by atoms with Crippen molar-refractivity contribution in [1.82, 2.24) is 20.7 Å². The van der Waals surface area contributed by atoms with Gasteiger partial charge in [-0.1, -0.05) is 0 Å². The molecule has 0 bridgehead atoms. The number of aliphatic imine (C=N–C) groups is 1. The number of unbranched alkanes of at least 4 members (excludes halogenated alkanes) is 1. The van der Waals surface area contributed by atoms with Crippen LogP contribution in [0.15, 0.2) is 9.89 Å². The number of ether oxygens (including phenoxy) is 3. The van der Waals surface area contributed by atoms with E-state index >= 15 is 0 Å². The molecule has 56 heavy (non-hydrogen) atoms. The number of hydrogen-bond donors (Lipinski definition) is 7. The van der Waals surface area contributed by atoms with Gasteiger partial charge >= 0.3 is 11.9 Å². The van der Waals surface area contributed by atoms with Crippen LogP contribution in [-0.4, -0.2) is 104 Å². The van der Waals surface area contributed by atoms with E-state index in [0.29, 0.717) is 36.1 Å². The molecule has 2 rings (SSSR count). The fraction of sp³-hybridized carbons (Fsp3) is 0.676. The van der Waals surface area contributed by atoms with Crippen molar-refractivity contribution < 1.29 is 51.7 Å². The second-order valence-electron chi connectivity index (χ2n) is 16.5. The molecule has 1 heterocycles. The maximum atomic E-state index is 13.4. The molecule has 316 valence electrons. The van der Waals surface area contributed by atoms with Crippen LogP contribution < -0.4 is 36.9 Å². The average molecular weight is 812 g/mol. The number of carbonyl (C=O) groups is 5. The summed E-state index contributed by atoms with van der Waals surface area (Å²) in [6.07, 6.45) is 0.950. The van der Waals surface area contributed by atoms with E-state index in [1.54, 1.807) is 55.4 Å². The minimum Gasteiger partial charge on any atom is -0.487 e. The number of fused-ring (bicyclic) bond motifs is 1. The van der Waals surface area contributed by atoms with Gasteiger partial charge in [-0.05, 0) is 112 Å². The third-order valence-electron chi connectivity index (χ3n) is 8.51. The van der Waals surface area contributed by atoms with Crippen LogP contribution in [0.4, 0.5) is 0 Å². The number of rotatable bonds is 18. The van der Waals surface area contributed by atoms with Crippen LogP contribution >= 0.6 is 0 Å². The van der Waals surface area contributed by atoms with E-state index in [2.05, 4.69) is 25.7 Å². The Morgan fingerprint density at radius 2 is 1.55 bits per heavy atom. The second-order valence-corrected chi connectivity index (χ2v) is 18.1. The van der Waals surface area contributed by atoms with Gasteiger partial charge < -0.3 is 46.7 Å². The third kappa shape index (κ3) is 14.9. The molecule has 0 radical (unpaired) electrons. The van der Waals surface area contributed by atoms with Crippen molar-refractivity contribution in [3.63, 3.8) is 0 Å². The normalized spacial score (nSPS) is 15.8. The molecule has 3 atom stereocenters. The van der Waals surface area contributed by atoms with Crippen LogP contribution in [0.1, 0.15) is 103 Å². The monoisotopic (exact) mass is 811 g/mol. The Hall–Kier alpha value is -4.49. The van der Waals surface area contributed by atoms with E-state index in [4.69, 9.17) is 25.7 Å². The zero-order valence-corrected chi connectivity index (χ0v) is 35.2. The summed E-state index contributed by atoms with van der Waals surface area (Å²) in [5.74, 6) is -4.30. The molecule has 19 heteroatoms. The maximum Gasteiger partial charge on any atom is 0.328 e. The van der Waals surface area contributed by atoms with Gasteiger partial charge in [0, 0.05) is 18.5 Å². The summed E-state index contributed by atoms with van der Waals surface area (Å²) in [4.78, 5) is 67.1. The van der Waals surface area contributed by atoms with Crippen molar-refractivity contribution in [3.8, 4) is 5.75 Å². The number of carbonyl (C=O) groups excluding carboxylic acids is 4. The minimum absolute atomic E-state index is 0.134. The highest BCUT2D eigenvalue weighted by Crippen LogP contribution is 2.43. The minimum atomic E-state index is -4.07. The molecule has 1 aliphatic rings. The highest BCUT2D eigenvalue weighted by molar-refractivity contribution is 7.90. The Kier molecular flexibility index (Phi) is 16.3. The van der Waals surface area contributed by atoms with Crippen molar-refractivity contribution in [2.45, 2.75) is 148 Å². The van der Waals surface area contributed by atoms with E-state index < -0.39 is 87.6 Å². The van der Waals surface area contributed by atoms with Crippen LogP contribution in [0.2, 0.25) is 0 Å². The van der Waals surface area contributed by atoms with Gasteiger partial charge in [-0.25, -0.2) is 17.9 Å². The largest absolute Gasteiger partial charge is 0.487 e. The van der Waals surface area contributed by atoms with Gasteiger partial charge in [0.15, 0.2) is 6.04 Å². The van der Waals surface area contributed by atoms with E-state index in [1.165, 1.54) is 0 Å². The molecule has 1 aromatic carbocycles. The molecule has 0 saturated carbocycles. The molecule has 9 N–H and O–H groups in total. The number of carboxylic acid groups (broad SMARTS) is 1. The fourth-order valence-electron chi connectivity index (χ4n) is 5.76. The number of aliphatic carboxylic acids is 1. The van der Waals surface area contributed by atoms with Crippen LogP contribution in [0.3, 0.4) is 0 Å². The van der Waals surface area contributed by atoms with Crippen LogP contribution in [0.5, 0.6) is 5.75 Å². The van der Waals surface area contributed by atoms with Gasteiger partial charge in [-0.3, -0.25) is 24.2 Å². The summed E-state index contributed by atoms with van der Waals surface area (Å²) in [5.41, 5.74) is 12.6. The number of benzene rings is 1. The molecule has 1 aliphatic heterocycles. The number of guanidine groups is 1. The Morgan fingerprint density at radius 1 is 0.929 bits per heavy atom. The molecule has 18 nitrogen and oxygen atoms in total. The first-order valence-corrected chi connectivity index (χ1v) is 19.9. The number of nitrogens with one attached hydrogen (secondary N) is 4. The van der Waals surface area contributed by atoms with Gasteiger partial charge in [0.05, 0.1) is 36.1 Å². The van der Waals surface area contributed by atoms with Crippen LogP contribution in [0, 0.1) is 20.8 Å². The Morgan fingerprint density at radius 3 is 2.12 bits per heavy atom. The highest BCUT2D eigenvalue weighted by Gasteiger charge is 2.37.